The Kier molecular flexibility index (Phi) is 3.02. The third-order valence-electron chi connectivity index (χ3n) is 2.93. The van der Waals surface area contributed by atoms with Crippen molar-refractivity contribution < 1.29 is 17.6 Å². The summed E-state index contributed by atoms with van der Waals surface area (Å²) in [5.41, 5.74) is 1.64. The molecule has 0 bridgehead atoms. The second kappa shape index (κ2) is 4.24. The quantitative estimate of drug-likeness (QED) is 0.800. The lowest BCUT2D eigenvalue weighted by Gasteiger charge is -2.04. The molecule has 2 rings (SSSR count). The van der Waals surface area contributed by atoms with Crippen molar-refractivity contribution in [3.63, 3.8) is 0 Å². The van der Waals surface area contributed by atoms with E-state index in [1.807, 2.05) is 19.1 Å². The van der Waals surface area contributed by atoms with E-state index < -0.39 is 20.9 Å². The summed E-state index contributed by atoms with van der Waals surface area (Å²) in [4.78, 5) is 12.0. The van der Waals surface area contributed by atoms with Crippen LogP contribution in [0.25, 0.3) is 11.0 Å². The fourth-order valence-corrected chi connectivity index (χ4v) is 2.18. The molecule has 1 aromatic carbocycles. The largest absolute Gasteiger partial charge is 0.453 e. The number of benzene rings is 1. The maximum Gasteiger partial charge on any atom is 0.215 e. The van der Waals surface area contributed by atoms with Crippen molar-refractivity contribution in [1.82, 2.24) is 0 Å². The van der Waals surface area contributed by atoms with Crippen LogP contribution in [-0.2, 0) is 9.84 Å². The molecule has 2 aromatic rings. The zero-order valence-corrected chi connectivity index (χ0v) is 11.2. The van der Waals surface area contributed by atoms with Gasteiger partial charge in [-0.3, -0.25) is 4.79 Å². The van der Waals surface area contributed by atoms with Gasteiger partial charge in [0.1, 0.15) is 10.8 Å². The molecule has 0 aliphatic rings. The van der Waals surface area contributed by atoms with Crippen LogP contribution in [0.2, 0.25) is 0 Å². The first kappa shape index (κ1) is 12.8. The van der Waals surface area contributed by atoms with E-state index in [1.54, 1.807) is 12.1 Å². The minimum Gasteiger partial charge on any atom is -0.453 e. The summed E-state index contributed by atoms with van der Waals surface area (Å²) < 4.78 is 28.1. The molecule has 0 spiro atoms. The van der Waals surface area contributed by atoms with Crippen molar-refractivity contribution in [2.24, 2.45) is 0 Å². The van der Waals surface area contributed by atoms with Gasteiger partial charge < -0.3 is 4.42 Å². The van der Waals surface area contributed by atoms with Gasteiger partial charge in [0, 0.05) is 11.6 Å². The molecule has 0 radical (unpaired) electrons. The normalized spacial score (nSPS) is 13.7. The first-order valence-corrected chi connectivity index (χ1v) is 7.48. The molecule has 0 saturated carbocycles. The van der Waals surface area contributed by atoms with E-state index in [4.69, 9.17) is 4.42 Å². The van der Waals surface area contributed by atoms with Crippen molar-refractivity contribution in [3.8, 4) is 0 Å². The Bertz CT molecular complexity index is 710. The third kappa shape index (κ3) is 2.31. The SMILES string of the molecule is Cc1ccc2oc(C(=O)C(C)S(C)(=O)=O)cc2c1. The van der Waals surface area contributed by atoms with Crippen molar-refractivity contribution in [2.75, 3.05) is 6.26 Å². The number of fused-ring (bicyclic) bond motifs is 1. The lowest BCUT2D eigenvalue weighted by Crippen LogP contribution is -2.25. The smallest absolute Gasteiger partial charge is 0.215 e. The Morgan fingerprint density at radius 1 is 1.28 bits per heavy atom. The number of sulfone groups is 1. The van der Waals surface area contributed by atoms with Crippen LogP contribution in [0.3, 0.4) is 0 Å². The van der Waals surface area contributed by atoms with Crippen LogP contribution in [0, 0.1) is 6.92 Å². The molecule has 1 atom stereocenters. The highest BCUT2D eigenvalue weighted by atomic mass is 32.2. The Morgan fingerprint density at radius 3 is 2.56 bits per heavy atom. The molecular weight excluding hydrogens is 252 g/mol. The maximum atomic E-state index is 12.0. The van der Waals surface area contributed by atoms with Crippen LogP contribution in [0.4, 0.5) is 0 Å². The molecular formula is C13H14O4S. The van der Waals surface area contributed by atoms with Gasteiger partial charge in [0.25, 0.3) is 0 Å². The summed E-state index contributed by atoms with van der Waals surface area (Å²) in [5, 5.41) is -0.279. The Balaban J connectivity index is 2.46. The number of carbonyl (C=O) groups excluding carboxylic acids is 1. The molecule has 1 heterocycles. The van der Waals surface area contributed by atoms with Gasteiger partial charge in [-0.05, 0) is 32.0 Å². The van der Waals surface area contributed by atoms with E-state index in [1.165, 1.54) is 6.92 Å². The molecule has 0 saturated heterocycles. The van der Waals surface area contributed by atoms with Crippen molar-refractivity contribution in [1.29, 1.82) is 0 Å². The summed E-state index contributed by atoms with van der Waals surface area (Å²) in [6.45, 7) is 3.31. The minimum atomic E-state index is -3.41. The predicted molar refractivity (Wildman–Crippen MR) is 69.6 cm³/mol. The zero-order valence-electron chi connectivity index (χ0n) is 10.4. The molecule has 18 heavy (non-hydrogen) atoms. The molecule has 96 valence electrons. The number of hydrogen-bond donors (Lipinski definition) is 0. The standard InChI is InChI=1S/C13H14O4S/c1-8-4-5-11-10(6-8)7-12(17-11)13(14)9(2)18(3,15)16/h4-7,9H,1-3H3. The number of hydrogen-bond acceptors (Lipinski definition) is 4. The molecule has 0 fully saturated rings. The molecule has 5 heteroatoms. The summed E-state index contributed by atoms with van der Waals surface area (Å²) in [5.74, 6) is -0.417. The molecule has 0 amide bonds. The summed E-state index contributed by atoms with van der Waals surface area (Å²) >= 11 is 0. The number of ketones is 1. The second-order valence-corrected chi connectivity index (χ2v) is 6.85. The number of Topliss-reactive ketones (excluding diaryl/α,β-unsaturated/α-hetero) is 1. The fourth-order valence-electron chi connectivity index (χ4n) is 1.68. The number of furan rings is 1. The highest BCUT2D eigenvalue weighted by molar-refractivity contribution is 7.92. The van der Waals surface area contributed by atoms with Crippen LogP contribution in [0.15, 0.2) is 28.7 Å². The zero-order chi connectivity index (χ0) is 13.5. The van der Waals surface area contributed by atoms with E-state index in [9.17, 15) is 13.2 Å². The fraction of sp³-hybridized carbons (Fsp3) is 0.308. The van der Waals surface area contributed by atoms with Gasteiger partial charge in [-0.15, -0.1) is 0 Å². The van der Waals surface area contributed by atoms with Crippen molar-refractivity contribution >= 4 is 26.6 Å². The minimum absolute atomic E-state index is 0.0912. The van der Waals surface area contributed by atoms with Crippen LogP contribution in [0.1, 0.15) is 23.0 Å². The van der Waals surface area contributed by atoms with Crippen LogP contribution >= 0.6 is 0 Å². The van der Waals surface area contributed by atoms with Gasteiger partial charge >= 0.3 is 0 Å². The van der Waals surface area contributed by atoms with Gasteiger partial charge in [0.2, 0.25) is 5.78 Å². The molecule has 0 aliphatic carbocycles. The van der Waals surface area contributed by atoms with Gasteiger partial charge in [-0.2, -0.15) is 0 Å². The van der Waals surface area contributed by atoms with Gasteiger partial charge in [0.05, 0.1) is 0 Å². The van der Waals surface area contributed by atoms with Crippen LogP contribution in [-0.4, -0.2) is 25.7 Å². The first-order valence-electron chi connectivity index (χ1n) is 5.52. The van der Waals surface area contributed by atoms with E-state index >= 15 is 0 Å². The lowest BCUT2D eigenvalue weighted by atomic mass is 10.1. The second-order valence-electron chi connectivity index (χ2n) is 4.49. The van der Waals surface area contributed by atoms with E-state index in [-0.39, 0.29) is 5.76 Å². The monoisotopic (exact) mass is 266 g/mol. The average molecular weight is 266 g/mol. The summed E-state index contributed by atoms with van der Waals surface area (Å²) in [6.07, 6.45) is 1.04. The number of carbonyl (C=O) groups is 1. The Hall–Kier alpha value is -1.62. The Labute approximate surface area is 106 Å². The molecule has 0 aliphatic heterocycles. The van der Waals surface area contributed by atoms with E-state index in [2.05, 4.69) is 0 Å². The van der Waals surface area contributed by atoms with Crippen LogP contribution < -0.4 is 0 Å². The van der Waals surface area contributed by atoms with Gasteiger partial charge in [0.15, 0.2) is 15.6 Å². The van der Waals surface area contributed by atoms with E-state index in [0.29, 0.717) is 5.58 Å². The lowest BCUT2D eigenvalue weighted by molar-refractivity contribution is 0.0967. The number of rotatable bonds is 3. The van der Waals surface area contributed by atoms with E-state index in [0.717, 1.165) is 17.2 Å². The molecule has 1 unspecified atom stereocenters. The molecule has 4 nitrogen and oxygen atoms in total. The predicted octanol–water partition coefficient (Wildman–Crippen LogP) is 2.36. The van der Waals surface area contributed by atoms with Gasteiger partial charge in [-0.1, -0.05) is 11.6 Å². The molecule has 1 aromatic heterocycles. The molecule has 0 N–H and O–H groups in total. The third-order valence-corrected chi connectivity index (χ3v) is 4.42. The first-order chi connectivity index (χ1) is 8.29. The van der Waals surface area contributed by atoms with Crippen LogP contribution in [0.5, 0.6) is 0 Å². The van der Waals surface area contributed by atoms with Crippen molar-refractivity contribution in [2.45, 2.75) is 19.1 Å². The highest BCUT2D eigenvalue weighted by Crippen LogP contribution is 2.22. The topological polar surface area (TPSA) is 64.3 Å². The number of aryl methyl sites for hydroxylation is 1. The summed E-state index contributed by atoms with van der Waals surface area (Å²) in [6, 6.07) is 7.12. The maximum absolute atomic E-state index is 12.0. The van der Waals surface area contributed by atoms with Crippen molar-refractivity contribution in [3.05, 3.63) is 35.6 Å². The Morgan fingerprint density at radius 2 is 1.94 bits per heavy atom. The average Bonchev–Trinajstić information content (AvgIpc) is 2.68. The highest BCUT2D eigenvalue weighted by Gasteiger charge is 2.27. The van der Waals surface area contributed by atoms with Gasteiger partial charge in [-0.25, -0.2) is 8.42 Å². The summed E-state index contributed by atoms with van der Waals surface area (Å²) in [7, 11) is -3.41.